The van der Waals surface area contributed by atoms with Crippen LogP contribution in [-0.2, 0) is 38.0 Å². The van der Waals surface area contributed by atoms with Crippen LogP contribution in [0.25, 0.3) is 0 Å². The van der Waals surface area contributed by atoms with Crippen LogP contribution in [-0.4, -0.2) is 142 Å². The first-order valence-electron chi connectivity index (χ1n) is 24.7. The molecule has 0 saturated carbocycles. The molecule has 0 amide bonds. The summed E-state index contributed by atoms with van der Waals surface area (Å²) in [6, 6.07) is 0. The fraction of sp³-hybridized carbons (Fsp3) is 0.692. The van der Waals surface area contributed by atoms with Crippen LogP contribution in [0.5, 0.6) is 0 Å². The van der Waals surface area contributed by atoms with Gasteiger partial charge < -0.3 is 64.2 Å². The van der Waals surface area contributed by atoms with Gasteiger partial charge in [-0.3, -0.25) is 9.59 Å². The van der Waals surface area contributed by atoms with Crippen LogP contribution in [0, 0.1) is 0 Å². The van der Waals surface area contributed by atoms with E-state index in [0.717, 1.165) is 70.6 Å². The molecule has 11 unspecified atom stereocenters. The number of esters is 2. The summed E-state index contributed by atoms with van der Waals surface area (Å²) in [5.41, 5.74) is 0. The van der Waals surface area contributed by atoms with Gasteiger partial charge in [0.25, 0.3) is 0 Å². The third-order valence-corrected chi connectivity index (χ3v) is 11.1. The Hall–Kier alpha value is -3.32. The molecule has 0 aromatic heterocycles. The van der Waals surface area contributed by atoms with Crippen molar-refractivity contribution >= 4 is 11.9 Å². The van der Waals surface area contributed by atoms with Crippen LogP contribution >= 0.6 is 0 Å². The van der Waals surface area contributed by atoms with Crippen molar-refractivity contribution in [2.24, 2.45) is 0 Å². The number of carbonyl (C=O) groups is 2. The molecule has 7 N–H and O–H groups in total. The van der Waals surface area contributed by atoms with E-state index in [4.69, 9.17) is 28.4 Å². The molecule has 67 heavy (non-hydrogen) atoms. The number of carbonyl (C=O) groups excluding carboxylic acids is 2. The minimum Gasteiger partial charge on any atom is -0.462 e. The standard InChI is InChI=1S/C52H84O15/c1-3-5-7-9-11-13-15-17-18-19-20-21-22-23-25-27-29-31-33-35-44(55)65-40(37-62-43(54)34-32-30-28-26-24-16-14-12-10-8-6-4-2)38-63-51-50(61)48(59)46(57)42(67-51)39-64-52-49(60)47(58)45(56)41(36-53)66-52/h5,7,11-14,17-18,20-21,23,25,29,31,40-42,45-53,56-61H,3-4,6,8-10,15-16,19,22,24,26-28,30,32-39H2,1-2H3/b7-5-,13-11-,14-12-,18-17-,21-20-,25-23-,31-29-. The van der Waals surface area contributed by atoms with Crippen molar-refractivity contribution in [3.8, 4) is 0 Å². The molecule has 382 valence electrons. The molecule has 0 spiro atoms. The van der Waals surface area contributed by atoms with Gasteiger partial charge in [0, 0.05) is 12.8 Å². The number of hydrogen-bond donors (Lipinski definition) is 7. The highest BCUT2D eigenvalue weighted by Gasteiger charge is 2.47. The fourth-order valence-corrected chi connectivity index (χ4v) is 7.06. The van der Waals surface area contributed by atoms with Crippen molar-refractivity contribution in [1.82, 2.24) is 0 Å². The van der Waals surface area contributed by atoms with Gasteiger partial charge in [-0.25, -0.2) is 0 Å². The average Bonchev–Trinajstić information content (AvgIpc) is 3.32. The van der Waals surface area contributed by atoms with Crippen LogP contribution in [0.3, 0.4) is 0 Å². The predicted molar refractivity (Wildman–Crippen MR) is 256 cm³/mol. The summed E-state index contributed by atoms with van der Waals surface area (Å²) in [6.45, 7) is 2.33. The summed E-state index contributed by atoms with van der Waals surface area (Å²) in [6.07, 6.45) is 29.2. The highest BCUT2D eigenvalue weighted by atomic mass is 16.7. The van der Waals surface area contributed by atoms with Gasteiger partial charge in [-0.1, -0.05) is 131 Å². The summed E-state index contributed by atoms with van der Waals surface area (Å²) >= 11 is 0. The predicted octanol–water partition coefficient (Wildman–Crippen LogP) is 6.43. The van der Waals surface area contributed by atoms with Gasteiger partial charge in [0.1, 0.15) is 55.4 Å². The molecule has 2 rings (SSSR count). The molecule has 15 nitrogen and oxygen atoms in total. The molecule has 2 aliphatic heterocycles. The molecular weight excluding hydrogens is 865 g/mol. The van der Waals surface area contributed by atoms with E-state index in [9.17, 15) is 45.3 Å². The molecule has 0 aliphatic carbocycles. The van der Waals surface area contributed by atoms with Crippen LogP contribution in [0.2, 0.25) is 0 Å². The molecule has 0 bridgehead atoms. The highest BCUT2D eigenvalue weighted by molar-refractivity contribution is 5.70. The van der Waals surface area contributed by atoms with E-state index in [1.165, 1.54) is 19.3 Å². The second kappa shape index (κ2) is 38.5. The summed E-state index contributed by atoms with van der Waals surface area (Å²) in [5.74, 6) is -1.04. The molecule has 11 atom stereocenters. The summed E-state index contributed by atoms with van der Waals surface area (Å²) in [5, 5.41) is 72.0. The molecule has 2 aliphatic rings. The monoisotopic (exact) mass is 949 g/mol. The largest absolute Gasteiger partial charge is 0.462 e. The van der Waals surface area contributed by atoms with Crippen LogP contribution < -0.4 is 0 Å². The smallest absolute Gasteiger partial charge is 0.306 e. The zero-order chi connectivity index (χ0) is 48.9. The Morgan fingerprint density at radius 3 is 1.54 bits per heavy atom. The van der Waals surface area contributed by atoms with Gasteiger partial charge >= 0.3 is 11.9 Å². The maximum Gasteiger partial charge on any atom is 0.306 e. The van der Waals surface area contributed by atoms with E-state index in [0.29, 0.717) is 19.3 Å². The lowest BCUT2D eigenvalue weighted by atomic mass is 9.98. The zero-order valence-corrected chi connectivity index (χ0v) is 40.1. The molecule has 15 heteroatoms. The maximum atomic E-state index is 13.0. The first-order chi connectivity index (χ1) is 32.5. The topological polar surface area (TPSA) is 231 Å². The van der Waals surface area contributed by atoms with Crippen LogP contribution in [0.4, 0.5) is 0 Å². The quantitative estimate of drug-likeness (QED) is 0.0204. The number of rotatable bonds is 36. The number of ether oxygens (including phenoxy) is 6. The molecular formula is C52H84O15. The second-order valence-corrected chi connectivity index (χ2v) is 16.9. The third kappa shape index (κ3) is 26.9. The Morgan fingerprint density at radius 1 is 0.493 bits per heavy atom. The van der Waals surface area contributed by atoms with E-state index in [-0.39, 0.29) is 19.4 Å². The normalized spacial score (nSPS) is 26.7. The Kier molecular flexibility index (Phi) is 34.4. The van der Waals surface area contributed by atoms with Gasteiger partial charge in [0.2, 0.25) is 0 Å². The van der Waals surface area contributed by atoms with Gasteiger partial charge in [0.05, 0.1) is 19.8 Å². The molecule has 0 radical (unpaired) electrons. The van der Waals surface area contributed by atoms with Crippen molar-refractivity contribution in [2.75, 3.05) is 26.4 Å². The molecule has 2 saturated heterocycles. The average molecular weight is 949 g/mol. The van der Waals surface area contributed by atoms with Gasteiger partial charge in [0.15, 0.2) is 18.7 Å². The Labute approximate surface area is 399 Å². The number of hydrogen-bond acceptors (Lipinski definition) is 15. The number of unbranched alkanes of at least 4 members (excludes halogenated alkanes) is 8. The van der Waals surface area contributed by atoms with E-state index in [2.05, 4.69) is 80.7 Å². The molecule has 0 aromatic rings. The Balaban J connectivity index is 1.87. The van der Waals surface area contributed by atoms with E-state index in [1.54, 1.807) is 0 Å². The van der Waals surface area contributed by atoms with E-state index in [1.807, 2.05) is 18.2 Å². The van der Waals surface area contributed by atoms with Crippen molar-refractivity contribution in [2.45, 2.75) is 203 Å². The van der Waals surface area contributed by atoms with Crippen LogP contribution in [0.15, 0.2) is 85.1 Å². The Bertz CT molecular complexity index is 1490. The number of aliphatic hydroxyl groups is 7. The van der Waals surface area contributed by atoms with Crippen molar-refractivity contribution in [1.29, 1.82) is 0 Å². The minimum atomic E-state index is -1.78. The van der Waals surface area contributed by atoms with Gasteiger partial charge in [-0.2, -0.15) is 0 Å². The van der Waals surface area contributed by atoms with Gasteiger partial charge in [-0.15, -0.1) is 0 Å². The second-order valence-electron chi connectivity index (χ2n) is 16.9. The third-order valence-electron chi connectivity index (χ3n) is 11.1. The van der Waals surface area contributed by atoms with Crippen molar-refractivity contribution in [3.05, 3.63) is 85.1 Å². The van der Waals surface area contributed by atoms with Crippen molar-refractivity contribution < 1.29 is 73.8 Å². The summed E-state index contributed by atoms with van der Waals surface area (Å²) < 4.78 is 33.4. The molecule has 2 heterocycles. The maximum absolute atomic E-state index is 13.0. The lowest BCUT2D eigenvalue weighted by Crippen LogP contribution is -2.61. The van der Waals surface area contributed by atoms with E-state index < -0.39 is 99.3 Å². The van der Waals surface area contributed by atoms with E-state index >= 15 is 0 Å². The summed E-state index contributed by atoms with van der Waals surface area (Å²) in [7, 11) is 0. The number of aliphatic hydroxyl groups excluding tert-OH is 7. The lowest BCUT2D eigenvalue weighted by Gasteiger charge is -2.42. The Morgan fingerprint density at radius 2 is 0.970 bits per heavy atom. The molecule has 2 fully saturated rings. The SMILES string of the molecule is CC/C=C\C/C=C\C/C=C\C/C=C\C/C=C\C/C=C\CCC(=O)OC(COC(=O)CCCCCCC/C=C\CCCCC)COC1OC(COC2OC(CO)C(O)C(O)C2O)C(O)C(O)C1O. The minimum absolute atomic E-state index is 0.0338. The van der Waals surface area contributed by atoms with Crippen LogP contribution in [0.1, 0.15) is 136 Å². The molecule has 0 aromatic carbocycles. The highest BCUT2D eigenvalue weighted by Crippen LogP contribution is 2.26. The lowest BCUT2D eigenvalue weighted by molar-refractivity contribution is -0.332. The van der Waals surface area contributed by atoms with Gasteiger partial charge in [-0.05, 0) is 77.0 Å². The van der Waals surface area contributed by atoms with Crippen molar-refractivity contribution in [3.63, 3.8) is 0 Å². The fourth-order valence-electron chi connectivity index (χ4n) is 7.06. The summed E-state index contributed by atoms with van der Waals surface area (Å²) in [4.78, 5) is 25.7. The zero-order valence-electron chi connectivity index (χ0n) is 40.1. The first-order valence-corrected chi connectivity index (χ1v) is 24.7. The first kappa shape index (κ1) is 59.8. The number of allylic oxidation sites excluding steroid dienone is 14.